The number of hydrogen-bond donors (Lipinski definition) is 1. The Morgan fingerprint density at radius 2 is 2.11 bits per heavy atom. The van der Waals surface area contributed by atoms with E-state index in [0.717, 1.165) is 35.3 Å². The molecule has 0 aliphatic carbocycles. The van der Waals surface area contributed by atoms with E-state index < -0.39 is 0 Å². The lowest BCUT2D eigenvalue weighted by molar-refractivity contribution is -0.599. The Balaban J connectivity index is 2.05. The van der Waals surface area contributed by atoms with E-state index in [-0.39, 0.29) is 5.92 Å². The second-order valence-electron chi connectivity index (χ2n) is 4.48. The molecular formula is C15H14N3+. The first-order valence-electron chi connectivity index (χ1n) is 6.17. The number of quaternary nitrogens is 1. The maximum absolute atomic E-state index is 9.36. The van der Waals surface area contributed by atoms with Crippen molar-refractivity contribution in [3.05, 3.63) is 53.9 Å². The number of fused-ring (bicyclic) bond motifs is 1. The van der Waals surface area contributed by atoms with Gasteiger partial charge in [0.1, 0.15) is 5.70 Å². The Bertz CT molecular complexity index is 652. The summed E-state index contributed by atoms with van der Waals surface area (Å²) in [7, 11) is 0. The number of hydrogen-bond acceptors (Lipinski definition) is 2. The molecule has 0 amide bonds. The summed E-state index contributed by atoms with van der Waals surface area (Å²) in [6, 6.07) is 14.4. The topological polar surface area (TPSA) is 53.3 Å². The van der Waals surface area contributed by atoms with Crippen LogP contribution in [0.3, 0.4) is 0 Å². The van der Waals surface area contributed by atoms with Crippen LogP contribution in [0.2, 0.25) is 0 Å². The standard InChI is InChI=1S/C15H13N3/c16-10-12(14-6-3-9-17-14)15-8-7-11-4-1-2-5-13(11)18-15/h1-2,4-8,12,17H,3,9H2/p+1/t12-/m1/s1. The minimum absolute atomic E-state index is 0.225. The molecule has 0 spiro atoms. The van der Waals surface area contributed by atoms with Crippen molar-refractivity contribution in [2.45, 2.75) is 12.3 Å². The van der Waals surface area contributed by atoms with Crippen LogP contribution in [0.5, 0.6) is 0 Å². The van der Waals surface area contributed by atoms with Crippen molar-refractivity contribution < 1.29 is 5.32 Å². The average molecular weight is 236 g/mol. The smallest absolute Gasteiger partial charge is 0.162 e. The van der Waals surface area contributed by atoms with Crippen molar-refractivity contribution in [1.29, 1.82) is 5.26 Å². The van der Waals surface area contributed by atoms with Crippen LogP contribution in [0.15, 0.2) is 48.2 Å². The van der Waals surface area contributed by atoms with E-state index in [4.69, 9.17) is 0 Å². The second kappa shape index (κ2) is 4.59. The van der Waals surface area contributed by atoms with Gasteiger partial charge in [0, 0.05) is 11.8 Å². The number of allylic oxidation sites excluding steroid dienone is 1. The molecule has 0 unspecified atom stereocenters. The molecule has 3 rings (SSSR count). The van der Waals surface area contributed by atoms with Crippen LogP contribution in [0.4, 0.5) is 0 Å². The Morgan fingerprint density at radius 1 is 1.22 bits per heavy atom. The molecule has 0 radical (unpaired) electrons. The Kier molecular flexibility index (Phi) is 2.79. The van der Waals surface area contributed by atoms with E-state index in [2.05, 4.69) is 22.4 Å². The molecule has 2 aromatic rings. The zero-order valence-electron chi connectivity index (χ0n) is 10.0. The highest BCUT2D eigenvalue weighted by molar-refractivity contribution is 5.78. The maximum Gasteiger partial charge on any atom is 0.162 e. The van der Waals surface area contributed by atoms with Crippen molar-refractivity contribution >= 4 is 10.9 Å². The molecule has 1 aliphatic heterocycles. The first kappa shape index (κ1) is 10.9. The van der Waals surface area contributed by atoms with Gasteiger partial charge in [0.2, 0.25) is 0 Å². The number of aromatic nitrogens is 1. The van der Waals surface area contributed by atoms with Crippen LogP contribution < -0.4 is 5.32 Å². The molecule has 2 heterocycles. The first-order chi connectivity index (χ1) is 8.88. The maximum atomic E-state index is 9.36. The third kappa shape index (κ3) is 1.87. The van der Waals surface area contributed by atoms with Crippen molar-refractivity contribution in [3.8, 4) is 6.07 Å². The van der Waals surface area contributed by atoms with Crippen molar-refractivity contribution in [2.75, 3.05) is 6.54 Å². The molecule has 1 aromatic heterocycles. The van der Waals surface area contributed by atoms with E-state index in [0.29, 0.717) is 0 Å². The number of pyridine rings is 1. The molecule has 1 aliphatic rings. The number of benzene rings is 1. The van der Waals surface area contributed by atoms with E-state index in [1.54, 1.807) is 0 Å². The minimum Gasteiger partial charge on any atom is -0.316 e. The number of rotatable bonds is 2. The van der Waals surface area contributed by atoms with E-state index >= 15 is 0 Å². The number of nitrogens with two attached hydrogens (primary N) is 1. The van der Waals surface area contributed by atoms with Crippen molar-refractivity contribution in [2.24, 2.45) is 0 Å². The highest BCUT2D eigenvalue weighted by Crippen LogP contribution is 2.22. The number of nitrogens with zero attached hydrogens (tertiary/aromatic N) is 2. The lowest BCUT2D eigenvalue weighted by Crippen LogP contribution is -2.80. The van der Waals surface area contributed by atoms with Crippen LogP contribution >= 0.6 is 0 Å². The van der Waals surface area contributed by atoms with Crippen LogP contribution in [0.25, 0.3) is 10.9 Å². The summed E-state index contributed by atoms with van der Waals surface area (Å²) in [5, 5.41) is 12.6. The third-order valence-corrected chi connectivity index (χ3v) is 3.30. The van der Waals surface area contributed by atoms with Gasteiger partial charge in [-0.15, -0.1) is 0 Å². The molecule has 1 atom stereocenters. The molecular weight excluding hydrogens is 222 g/mol. The van der Waals surface area contributed by atoms with Gasteiger partial charge >= 0.3 is 0 Å². The van der Waals surface area contributed by atoms with Crippen molar-refractivity contribution in [3.63, 3.8) is 0 Å². The monoisotopic (exact) mass is 236 g/mol. The largest absolute Gasteiger partial charge is 0.316 e. The summed E-state index contributed by atoms with van der Waals surface area (Å²) < 4.78 is 0. The molecule has 0 saturated heterocycles. The SMILES string of the molecule is N#C[C@H](C1=CCC[NH2+]1)c1ccc2ccccc2n1. The molecule has 2 N–H and O–H groups in total. The van der Waals surface area contributed by atoms with Crippen LogP contribution in [-0.2, 0) is 0 Å². The predicted molar refractivity (Wildman–Crippen MR) is 69.6 cm³/mol. The van der Waals surface area contributed by atoms with Crippen molar-refractivity contribution in [1.82, 2.24) is 4.98 Å². The summed E-state index contributed by atoms with van der Waals surface area (Å²) in [5.41, 5.74) is 2.91. The summed E-state index contributed by atoms with van der Waals surface area (Å²) in [5.74, 6) is -0.225. The first-order valence-corrected chi connectivity index (χ1v) is 6.17. The van der Waals surface area contributed by atoms with Gasteiger partial charge in [0.05, 0.1) is 23.8 Å². The average Bonchev–Trinajstić information content (AvgIpc) is 2.93. The van der Waals surface area contributed by atoms with Gasteiger partial charge in [-0.25, -0.2) is 0 Å². The zero-order valence-corrected chi connectivity index (χ0v) is 10.0. The Morgan fingerprint density at radius 3 is 2.89 bits per heavy atom. The molecule has 18 heavy (non-hydrogen) atoms. The van der Waals surface area contributed by atoms with Gasteiger partial charge in [-0.3, -0.25) is 4.98 Å². The minimum atomic E-state index is -0.225. The van der Waals surface area contributed by atoms with E-state index in [9.17, 15) is 5.26 Å². The molecule has 0 fully saturated rings. The molecule has 1 aromatic carbocycles. The molecule has 3 nitrogen and oxygen atoms in total. The normalized spacial score (nSPS) is 16.3. The summed E-state index contributed by atoms with van der Waals surface area (Å²) >= 11 is 0. The Hall–Kier alpha value is -2.18. The zero-order chi connectivity index (χ0) is 12.4. The van der Waals surface area contributed by atoms with E-state index in [1.807, 2.05) is 36.4 Å². The highest BCUT2D eigenvalue weighted by atomic mass is 14.9. The quantitative estimate of drug-likeness (QED) is 0.862. The van der Waals surface area contributed by atoms with Gasteiger partial charge in [-0.2, -0.15) is 5.26 Å². The fourth-order valence-corrected chi connectivity index (χ4v) is 2.37. The van der Waals surface area contributed by atoms with Crippen LogP contribution in [0.1, 0.15) is 18.0 Å². The number of para-hydroxylation sites is 1. The summed E-state index contributed by atoms with van der Waals surface area (Å²) in [6.07, 6.45) is 3.19. The fraction of sp³-hybridized carbons (Fsp3) is 0.200. The second-order valence-corrected chi connectivity index (χ2v) is 4.48. The molecule has 88 valence electrons. The lowest BCUT2D eigenvalue weighted by Gasteiger charge is -2.08. The van der Waals surface area contributed by atoms with Gasteiger partial charge in [0.25, 0.3) is 0 Å². The van der Waals surface area contributed by atoms with Gasteiger partial charge in [0.15, 0.2) is 5.92 Å². The summed E-state index contributed by atoms with van der Waals surface area (Å²) in [4.78, 5) is 4.61. The summed E-state index contributed by atoms with van der Waals surface area (Å²) in [6.45, 7) is 1.04. The Labute approximate surface area is 106 Å². The molecule has 0 bridgehead atoms. The van der Waals surface area contributed by atoms with Crippen LogP contribution in [0, 0.1) is 11.3 Å². The lowest BCUT2D eigenvalue weighted by atomic mass is 10.0. The highest BCUT2D eigenvalue weighted by Gasteiger charge is 2.23. The third-order valence-electron chi connectivity index (χ3n) is 3.30. The fourth-order valence-electron chi connectivity index (χ4n) is 2.37. The van der Waals surface area contributed by atoms with Gasteiger partial charge in [-0.1, -0.05) is 24.3 Å². The molecule has 0 saturated carbocycles. The molecule has 3 heteroatoms. The van der Waals surface area contributed by atoms with Crippen LogP contribution in [-0.4, -0.2) is 11.5 Å². The van der Waals surface area contributed by atoms with Gasteiger partial charge < -0.3 is 5.32 Å². The van der Waals surface area contributed by atoms with Gasteiger partial charge in [-0.05, 0) is 18.2 Å². The van der Waals surface area contributed by atoms with E-state index in [1.165, 1.54) is 0 Å². The predicted octanol–water partition coefficient (Wildman–Crippen LogP) is 1.69. The number of nitriles is 1.